The van der Waals surface area contributed by atoms with Gasteiger partial charge in [0.25, 0.3) is 0 Å². The second kappa shape index (κ2) is 7.14. The lowest BCUT2D eigenvalue weighted by atomic mass is 9.75. The zero-order chi connectivity index (χ0) is 17.1. The third-order valence-electron chi connectivity index (χ3n) is 5.47. The molecule has 1 aliphatic heterocycles. The molecule has 1 heterocycles. The van der Waals surface area contributed by atoms with E-state index < -0.39 is 0 Å². The van der Waals surface area contributed by atoms with Gasteiger partial charge in [-0.3, -0.25) is 0 Å². The Kier molecular flexibility index (Phi) is 4.56. The number of para-hydroxylation sites is 1. The van der Waals surface area contributed by atoms with E-state index in [-0.39, 0.29) is 0 Å². The highest BCUT2D eigenvalue weighted by Gasteiger charge is 2.32. The van der Waals surface area contributed by atoms with Gasteiger partial charge in [-0.25, -0.2) is 0 Å². The summed E-state index contributed by atoms with van der Waals surface area (Å²) in [7, 11) is 2.23. The van der Waals surface area contributed by atoms with Gasteiger partial charge in [0.05, 0.1) is 0 Å². The molecule has 0 bridgehead atoms. The van der Waals surface area contributed by atoms with E-state index in [0.717, 1.165) is 13.0 Å². The Labute approximate surface area is 150 Å². The lowest BCUT2D eigenvalue weighted by Gasteiger charge is -2.40. The van der Waals surface area contributed by atoms with Crippen molar-refractivity contribution in [1.82, 2.24) is 0 Å². The summed E-state index contributed by atoms with van der Waals surface area (Å²) in [4.78, 5) is 2.43. The standard InChI is InChI=1S/C24H25N/c1-25-18-21(17-16-19-10-4-2-5-11-19)24(20-12-6-3-7-13-20)22-14-8-9-15-23(22)25/h2-15,21,24H,16-18H2,1H3. The van der Waals surface area contributed by atoms with Crippen LogP contribution in [-0.4, -0.2) is 13.6 Å². The maximum absolute atomic E-state index is 2.43. The molecule has 0 N–H and O–H groups in total. The molecule has 0 amide bonds. The summed E-state index contributed by atoms with van der Waals surface area (Å²) in [6.07, 6.45) is 2.35. The lowest BCUT2D eigenvalue weighted by molar-refractivity contribution is 0.420. The fourth-order valence-electron chi connectivity index (χ4n) is 4.27. The average Bonchev–Trinajstić information content (AvgIpc) is 2.68. The molecule has 0 spiro atoms. The van der Waals surface area contributed by atoms with Gasteiger partial charge in [0.1, 0.15) is 0 Å². The molecule has 2 unspecified atom stereocenters. The van der Waals surface area contributed by atoms with Gasteiger partial charge >= 0.3 is 0 Å². The number of hydrogen-bond acceptors (Lipinski definition) is 1. The number of fused-ring (bicyclic) bond motifs is 1. The van der Waals surface area contributed by atoms with Crippen molar-refractivity contribution < 1.29 is 0 Å². The fourth-order valence-corrected chi connectivity index (χ4v) is 4.27. The molecule has 0 aromatic heterocycles. The molecule has 0 fully saturated rings. The third-order valence-corrected chi connectivity index (χ3v) is 5.47. The van der Waals surface area contributed by atoms with Gasteiger partial charge in [0.15, 0.2) is 0 Å². The predicted octanol–water partition coefficient (Wildman–Crippen LogP) is 5.52. The smallest absolute Gasteiger partial charge is 0.0402 e. The predicted molar refractivity (Wildman–Crippen MR) is 106 cm³/mol. The van der Waals surface area contributed by atoms with Gasteiger partial charge in [-0.1, -0.05) is 78.9 Å². The first-order valence-electron chi connectivity index (χ1n) is 9.22. The topological polar surface area (TPSA) is 3.24 Å². The molecule has 1 aliphatic rings. The Bertz CT molecular complexity index is 810. The van der Waals surface area contributed by atoms with Crippen molar-refractivity contribution in [3.8, 4) is 0 Å². The molecular formula is C24H25N. The molecule has 0 saturated heterocycles. The van der Waals surface area contributed by atoms with E-state index in [1.165, 1.54) is 28.8 Å². The first kappa shape index (κ1) is 16.0. The van der Waals surface area contributed by atoms with Crippen molar-refractivity contribution in [1.29, 1.82) is 0 Å². The highest BCUT2D eigenvalue weighted by atomic mass is 15.1. The van der Waals surface area contributed by atoms with Gasteiger partial charge in [0, 0.05) is 25.2 Å². The van der Waals surface area contributed by atoms with Gasteiger partial charge in [-0.05, 0) is 41.5 Å². The highest BCUT2D eigenvalue weighted by molar-refractivity contribution is 5.59. The number of hydrogen-bond donors (Lipinski definition) is 0. The number of benzene rings is 3. The minimum atomic E-state index is 0.484. The van der Waals surface area contributed by atoms with Gasteiger partial charge < -0.3 is 4.90 Å². The largest absolute Gasteiger partial charge is 0.374 e. The summed E-state index contributed by atoms with van der Waals surface area (Å²) in [5, 5.41) is 0. The van der Waals surface area contributed by atoms with Crippen LogP contribution in [0.1, 0.15) is 29.0 Å². The van der Waals surface area contributed by atoms with Crippen LogP contribution in [0.3, 0.4) is 0 Å². The maximum atomic E-state index is 2.43. The molecule has 2 atom stereocenters. The van der Waals surface area contributed by atoms with Crippen LogP contribution < -0.4 is 4.90 Å². The molecule has 4 rings (SSSR count). The summed E-state index contributed by atoms with van der Waals surface area (Å²) in [6.45, 7) is 1.11. The van der Waals surface area contributed by atoms with E-state index in [0.29, 0.717) is 11.8 Å². The fraction of sp³-hybridized carbons (Fsp3) is 0.250. The molecule has 126 valence electrons. The van der Waals surface area contributed by atoms with Crippen molar-refractivity contribution >= 4 is 5.69 Å². The maximum Gasteiger partial charge on any atom is 0.0402 e. The molecule has 25 heavy (non-hydrogen) atoms. The summed E-state index contributed by atoms with van der Waals surface area (Å²) in [6, 6.07) is 30.8. The minimum absolute atomic E-state index is 0.484. The van der Waals surface area contributed by atoms with Gasteiger partial charge in [-0.2, -0.15) is 0 Å². The Hall–Kier alpha value is -2.54. The van der Waals surface area contributed by atoms with Crippen molar-refractivity contribution in [2.45, 2.75) is 18.8 Å². The van der Waals surface area contributed by atoms with E-state index in [9.17, 15) is 0 Å². The molecule has 0 radical (unpaired) electrons. The molecule has 0 aliphatic carbocycles. The summed E-state index contributed by atoms with van der Waals surface area (Å²) in [5.41, 5.74) is 5.74. The minimum Gasteiger partial charge on any atom is -0.374 e. The Balaban J connectivity index is 1.67. The molecular weight excluding hydrogens is 302 g/mol. The van der Waals surface area contributed by atoms with E-state index in [1.54, 1.807) is 0 Å². The van der Waals surface area contributed by atoms with Crippen LogP contribution in [0.15, 0.2) is 84.9 Å². The van der Waals surface area contributed by atoms with Crippen LogP contribution in [0.2, 0.25) is 0 Å². The molecule has 0 saturated carbocycles. The summed E-state index contributed by atoms with van der Waals surface area (Å²) < 4.78 is 0. The van der Waals surface area contributed by atoms with Crippen LogP contribution >= 0.6 is 0 Å². The van der Waals surface area contributed by atoms with Crippen molar-refractivity contribution in [3.63, 3.8) is 0 Å². The molecule has 1 heteroatoms. The SMILES string of the molecule is CN1CC(CCc2ccccc2)C(c2ccccc2)c2ccccc21. The molecule has 3 aromatic carbocycles. The van der Waals surface area contributed by atoms with Crippen LogP contribution in [0.5, 0.6) is 0 Å². The Morgan fingerprint density at radius 1 is 0.800 bits per heavy atom. The monoisotopic (exact) mass is 327 g/mol. The quantitative estimate of drug-likeness (QED) is 0.610. The number of aryl methyl sites for hydroxylation is 1. The van der Waals surface area contributed by atoms with Crippen LogP contribution in [0, 0.1) is 5.92 Å². The Morgan fingerprint density at radius 2 is 1.44 bits per heavy atom. The second-order valence-electron chi connectivity index (χ2n) is 7.11. The van der Waals surface area contributed by atoms with Crippen molar-refractivity contribution in [3.05, 3.63) is 102 Å². The zero-order valence-corrected chi connectivity index (χ0v) is 14.8. The lowest BCUT2D eigenvalue weighted by Crippen LogP contribution is -2.36. The van der Waals surface area contributed by atoms with Crippen LogP contribution in [0.4, 0.5) is 5.69 Å². The van der Waals surface area contributed by atoms with E-state index in [2.05, 4.69) is 96.9 Å². The van der Waals surface area contributed by atoms with E-state index >= 15 is 0 Å². The summed E-state index contributed by atoms with van der Waals surface area (Å²) in [5.74, 6) is 1.11. The normalized spacial score (nSPS) is 19.5. The van der Waals surface area contributed by atoms with Crippen molar-refractivity contribution in [2.75, 3.05) is 18.5 Å². The van der Waals surface area contributed by atoms with Gasteiger partial charge in [0.2, 0.25) is 0 Å². The third kappa shape index (κ3) is 3.32. The number of anilines is 1. The molecule has 1 nitrogen and oxygen atoms in total. The average molecular weight is 327 g/mol. The Morgan fingerprint density at radius 3 is 2.20 bits per heavy atom. The van der Waals surface area contributed by atoms with Crippen molar-refractivity contribution in [2.24, 2.45) is 5.92 Å². The summed E-state index contributed by atoms with van der Waals surface area (Å²) >= 11 is 0. The van der Waals surface area contributed by atoms with Crippen LogP contribution in [-0.2, 0) is 6.42 Å². The number of rotatable bonds is 4. The number of nitrogens with zero attached hydrogens (tertiary/aromatic N) is 1. The first-order chi connectivity index (χ1) is 12.3. The van der Waals surface area contributed by atoms with Crippen LogP contribution in [0.25, 0.3) is 0 Å². The second-order valence-corrected chi connectivity index (χ2v) is 7.11. The van der Waals surface area contributed by atoms with E-state index in [4.69, 9.17) is 0 Å². The van der Waals surface area contributed by atoms with Gasteiger partial charge in [-0.15, -0.1) is 0 Å². The highest BCUT2D eigenvalue weighted by Crippen LogP contribution is 2.43. The molecule has 3 aromatic rings. The zero-order valence-electron chi connectivity index (χ0n) is 14.8. The van der Waals surface area contributed by atoms with E-state index in [1.807, 2.05) is 0 Å². The first-order valence-corrected chi connectivity index (χ1v) is 9.22.